The first kappa shape index (κ1) is 31.2. The summed E-state index contributed by atoms with van der Waals surface area (Å²) in [5, 5.41) is 3.11. The molecule has 2 aromatic carbocycles. The fourth-order valence-electron chi connectivity index (χ4n) is 6.50. The Kier molecular flexibility index (Phi) is 10.6. The molecular formula is C35H51N3O3. The van der Waals surface area contributed by atoms with Gasteiger partial charge in [-0.05, 0) is 74.6 Å². The Labute approximate surface area is 247 Å². The third kappa shape index (κ3) is 7.39. The lowest BCUT2D eigenvalue weighted by atomic mass is 9.83. The highest BCUT2D eigenvalue weighted by Crippen LogP contribution is 2.43. The number of rotatable bonds is 12. The summed E-state index contributed by atoms with van der Waals surface area (Å²) in [7, 11) is 0. The van der Waals surface area contributed by atoms with Crippen molar-refractivity contribution < 1.29 is 14.3 Å². The molecule has 0 aromatic heterocycles. The van der Waals surface area contributed by atoms with Crippen molar-refractivity contribution in [2.75, 3.05) is 44.3 Å². The molecule has 2 heterocycles. The SMILES string of the molecule is CCCNC(=O)C1(C)CN(C(=O)CC(CCC)[C@H](C)CN2CCOC[C@H]2C)c2cc(Cc3ccc(C)cc3)ccc21. The largest absolute Gasteiger partial charge is 0.379 e. The van der Waals surface area contributed by atoms with Crippen molar-refractivity contribution in [3.05, 3.63) is 64.7 Å². The summed E-state index contributed by atoms with van der Waals surface area (Å²) >= 11 is 0. The first-order chi connectivity index (χ1) is 19.7. The van der Waals surface area contributed by atoms with E-state index in [1.807, 2.05) is 11.8 Å². The molecule has 0 bridgehead atoms. The monoisotopic (exact) mass is 561 g/mol. The van der Waals surface area contributed by atoms with Gasteiger partial charge < -0.3 is 15.0 Å². The van der Waals surface area contributed by atoms with Crippen molar-refractivity contribution >= 4 is 17.5 Å². The summed E-state index contributed by atoms with van der Waals surface area (Å²) < 4.78 is 5.65. The molecule has 1 fully saturated rings. The average Bonchev–Trinajstić information content (AvgIpc) is 3.27. The maximum atomic E-state index is 14.1. The molecule has 4 atom stereocenters. The van der Waals surface area contributed by atoms with Gasteiger partial charge in [0.25, 0.3) is 0 Å². The molecular weight excluding hydrogens is 510 g/mol. The fourth-order valence-corrected chi connectivity index (χ4v) is 6.50. The van der Waals surface area contributed by atoms with E-state index in [0.29, 0.717) is 37.4 Å². The minimum Gasteiger partial charge on any atom is -0.379 e. The Morgan fingerprint density at radius 2 is 1.83 bits per heavy atom. The Hall–Kier alpha value is -2.70. The Morgan fingerprint density at radius 3 is 2.51 bits per heavy atom. The van der Waals surface area contributed by atoms with Gasteiger partial charge in [-0.15, -0.1) is 0 Å². The van der Waals surface area contributed by atoms with Crippen molar-refractivity contribution in [1.82, 2.24) is 10.2 Å². The van der Waals surface area contributed by atoms with Crippen molar-refractivity contribution in [2.24, 2.45) is 11.8 Å². The molecule has 6 nitrogen and oxygen atoms in total. The van der Waals surface area contributed by atoms with Gasteiger partial charge in [-0.3, -0.25) is 14.5 Å². The van der Waals surface area contributed by atoms with Crippen molar-refractivity contribution in [3.8, 4) is 0 Å². The number of benzene rings is 2. The van der Waals surface area contributed by atoms with Gasteiger partial charge in [0.1, 0.15) is 0 Å². The van der Waals surface area contributed by atoms with Crippen molar-refractivity contribution in [2.45, 2.75) is 85.1 Å². The van der Waals surface area contributed by atoms with Crippen LogP contribution in [0.25, 0.3) is 0 Å². The summed E-state index contributed by atoms with van der Waals surface area (Å²) in [5.41, 5.74) is 4.73. The van der Waals surface area contributed by atoms with E-state index in [2.05, 4.69) is 87.3 Å². The van der Waals surface area contributed by atoms with Crippen LogP contribution >= 0.6 is 0 Å². The molecule has 41 heavy (non-hydrogen) atoms. The molecule has 224 valence electrons. The van der Waals surface area contributed by atoms with E-state index >= 15 is 0 Å². The minimum absolute atomic E-state index is 0.00182. The number of hydrogen-bond acceptors (Lipinski definition) is 4. The molecule has 0 saturated carbocycles. The first-order valence-electron chi connectivity index (χ1n) is 15.8. The zero-order valence-corrected chi connectivity index (χ0v) is 26.2. The van der Waals surface area contributed by atoms with E-state index in [1.165, 1.54) is 11.1 Å². The summed E-state index contributed by atoms with van der Waals surface area (Å²) in [6.45, 7) is 17.4. The van der Waals surface area contributed by atoms with Gasteiger partial charge in [-0.25, -0.2) is 0 Å². The number of hydrogen-bond donors (Lipinski definition) is 1. The molecule has 2 unspecified atom stereocenters. The van der Waals surface area contributed by atoms with E-state index in [4.69, 9.17) is 4.74 Å². The number of aryl methyl sites for hydroxylation is 1. The van der Waals surface area contributed by atoms with Crippen LogP contribution in [0.4, 0.5) is 5.69 Å². The second-order valence-electron chi connectivity index (χ2n) is 12.7. The van der Waals surface area contributed by atoms with Gasteiger partial charge >= 0.3 is 0 Å². The Balaban J connectivity index is 1.58. The van der Waals surface area contributed by atoms with Crippen LogP contribution in [-0.2, 0) is 26.2 Å². The number of nitrogens with one attached hydrogen (secondary N) is 1. The third-order valence-corrected chi connectivity index (χ3v) is 9.22. The van der Waals surface area contributed by atoms with Crippen LogP contribution < -0.4 is 10.2 Å². The van der Waals surface area contributed by atoms with Gasteiger partial charge in [0, 0.05) is 44.3 Å². The number of carbonyl (C=O) groups excluding carboxylic acids is 2. The molecule has 2 amide bonds. The standard InChI is InChI=1S/C35H51N3O3/c1-7-9-30(26(4)22-37-17-18-41-23-27(37)5)21-33(39)38-24-35(6,34(40)36-16-8-2)31-15-14-29(20-32(31)38)19-28-12-10-25(3)11-13-28/h10-15,20,26-27,30H,7-9,16-19,21-24H2,1-6H3,(H,36,40)/t26-,27-,30?,35?/m1/s1. The summed E-state index contributed by atoms with van der Waals surface area (Å²) in [5.74, 6) is 0.823. The zero-order valence-electron chi connectivity index (χ0n) is 26.2. The van der Waals surface area contributed by atoms with E-state index in [-0.39, 0.29) is 11.8 Å². The van der Waals surface area contributed by atoms with Gasteiger partial charge in [0.15, 0.2) is 0 Å². The maximum absolute atomic E-state index is 14.1. The van der Waals surface area contributed by atoms with Crippen LogP contribution in [-0.4, -0.2) is 62.1 Å². The van der Waals surface area contributed by atoms with Crippen LogP contribution in [0.3, 0.4) is 0 Å². The van der Waals surface area contributed by atoms with Crippen LogP contribution in [0, 0.1) is 18.8 Å². The minimum atomic E-state index is -0.766. The highest BCUT2D eigenvalue weighted by Gasteiger charge is 2.47. The van der Waals surface area contributed by atoms with Crippen LogP contribution in [0.1, 0.15) is 82.6 Å². The first-order valence-corrected chi connectivity index (χ1v) is 15.8. The molecule has 0 radical (unpaired) electrons. The van der Waals surface area contributed by atoms with Gasteiger partial charge in [-0.1, -0.05) is 69.2 Å². The molecule has 0 aliphatic carbocycles. The molecule has 1 N–H and O–H groups in total. The highest BCUT2D eigenvalue weighted by atomic mass is 16.5. The van der Waals surface area contributed by atoms with Gasteiger partial charge in [0.05, 0.1) is 18.6 Å². The predicted octanol–water partition coefficient (Wildman–Crippen LogP) is 5.88. The number of nitrogens with zero attached hydrogens (tertiary/aromatic N) is 2. The summed E-state index contributed by atoms with van der Waals surface area (Å²) in [4.78, 5) is 32.1. The number of anilines is 1. The highest BCUT2D eigenvalue weighted by molar-refractivity contribution is 6.02. The van der Waals surface area contributed by atoms with Gasteiger partial charge in [-0.2, -0.15) is 0 Å². The van der Waals surface area contributed by atoms with Gasteiger partial charge in [0.2, 0.25) is 11.8 Å². The fraction of sp³-hybridized carbons (Fsp3) is 0.600. The van der Waals surface area contributed by atoms with E-state index in [9.17, 15) is 9.59 Å². The second-order valence-corrected chi connectivity index (χ2v) is 12.7. The van der Waals surface area contributed by atoms with E-state index in [0.717, 1.165) is 68.8 Å². The van der Waals surface area contributed by atoms with E-state index in [1.54, 1.807) is 0 Å². The van der Waals surface area contributed by atoms with Crippen LogP contribution in [0.5, 0.6) is 0 Å². The lowest BCUT2D eigenvalue weighted by Gasteiger charge is -2.37. The quantitative estimate of drug-likeness (QED) is 0.352. The Bertz CT molecular complexity index is 1180. The molecule has 0 spiro atoms. The number of ether oxygens (including phenoxy) is 1. The zero-order chi connectivity index (χ0) is 29.6. The van der Waals surface area contributed by atoms with Crippen LogP contribution in [0.15, 0.2) is 42.5 Å². The number of amides is 2. The average molecular weight is 562 g/mol. The maximum Gasteiger partial charge on any atom is 0.232 e. The molecule has 2 aromatic rings. The smallest absolute Gasteiger partial charge is 0.232 e. The lowest BCUT2D eigenvalue weighted by Crippen LogP contribution is -2.47. The normalized spacial score (nSPS) is 22.3. The van der Waals surface area contributed by atoms with Crippen LogP contribution in [0.2, 0.25) is 0 Å². The predicted molar refractivity (Wildman–Crippen MR) is 167 cm³/mol. The molecule has 1 saturated heterocycles. The van der Waals surface area contributed by atoms with Crippen molar-refractivity contribution in [3.63, 3.8) is 0 Å². The molecule has 2 aliphatic heterocycles. The second kappa shape index (κ2) is 14.0. The number of morpholine rings is 1. The van der Waals surface area contributed by atoms with Crippen molar-refractivity contribution in [1.29, 1.82) is 0 Å². The number of carbonyl (C=O) groups is 2. The third-order valence-electron chi connectivity index (χ3n) is 9.22. The van der Waals surface area contributed by atoms with E-state index < -0.39 is 5.41 Å². The number of fused-ring (bicyclic) bond motifs is 1. The molecule has 6 heteroatoms. The Morgan fingerprint density at radius 1 is 1.10 bits per heavy atom. The molecule has 2 aliphatic rings. The topological polar surface area (TPSA) is 61.9 Å². The summed E-state index contributed by atoms with van der Waals surface area (Å²) in [6, 6.07) is 15.4. The summed E-state index contributed by atoms with van der Waals surface area (Å²) in [6.07, 6.45) is 4.25. The lowest BCUT2D eigenvalue weighted by molar-refractivity contribution is -0.125. The molecule has 4 rings (SSSR count).